The van der Waals surface area contributed by atoms with E-state index in [9.17, 15) is 10.1 Å². The van der Waals surface area contributed by atoms with Crippen molar-refractivity contribution in [2.45, 2.75) is 6.92 Å². The molecule has 2 aromatic rings. The Morgan fingerprint density at radius 1 is 1.26 bits per heavy atom. The van der Waals surface area contributed by atoms with Gasteiger partial charge in [-0.3, -0.25) is 26.4 Å². The Bertz CT molecular complexity index is 851. The Hall–Kier alpha value is -3.82. The molecule has 2 rings (SSSR count). The summed E-state index contributed by atoms with van der Waals surface area (Å²) in [5.74, 6) is 2.01. The third kappa shape index (κ3) is 5.33. The number of hydrogen-bond acceptors (Lipinski definition) is 8. The number of anilines is 2. The third-order valence-corrected chi connectivity index (χ3v) is 3.37. The number of pyridine rings is 1. The first kappa shape index (κ1) is 19.5. The number of ether oxygens (including phenoxy) is 2. The summed E-state index contributed by atoms with van der Waals surface area (Å²) in [6, 6.07) is 8.08. The Morgan fingerprint density at radius 3 is 2.59 bits per heavy atom. The van der Waals surface area contributed by atoms with Gasteiger partial charge in [0.15, 0.2) is 5.84 Å². The maximum absolute atomic E-state index is 10.7. The predicted octanol–water partition coefficient (Wildman–Crippen LogP) is 2.93. The average molecular weight is 372 g/mol. The molecule has 10 heteroatoms. The third-order valence-electron chi connectivity index (χ3n) is 3.37. The fourth-order valence-electron chi connectivity index (χ4n) is 1.93. The van der Waals surface area contributed by atoms with Gasteiger partial charge in [-0.1, -0.05) is 6.58 Å². The number of rotatable bonds is 8. The van der Waals surface area contributed by atoms with Crippen molar-refractivity contribution >= 4 is 23.0 Å². The van der Waals surface area contributed by atoms with E-state index in [2.05, 4.69) is 32.9 Å². The Labute approximate surface area is 156 Å². The second-order valence-electron chi connectivity index (χ2n) is 5.33. The Balaban J connectivity index is 2.08. The van der Waals surface area contributed by atoms with Crippen molar-refractivity contribution in [2.75, 3.05) is 25.1 Å². The van der Waals surface area contributed by atoms with E-state index in [1.54, 1.807) is 39.3 Å². The fraction of sp³-hybridized carbons (Fsp3) is 0.176. The van der Waals surface area contributed by atoms with E-state index in [4.69, 9.17) is 9.47 Å². The lowest BCUT2D eigenvalue weighted by atomic mass is 10.3. The van der Waals surface area contributed by atoms with Gasteiger partial charge >= 0.3 is 0 Å². The monoisotopic (exact) mass is 372 g/mol. The molecule has 0 spiro atoms. The predicted molar refractivity (Wildman–Crippen MR) is 103 cm³/mol. The van der Waals surface area contributed by atoms with Crippen LogP contribution in [0.1, 0.15) is 6.92 Å². The van der Waals surface area contributed by atoms with Crippen LogP contribution in [0, 0.1) is 10.1 Å². The van der Waals surface area contributed by atoms with E-state index in [0.29, 0.717) is 34.4 Å². The topological polar surface area (TPSA) is 123 Å². The molecule has 10 nitrogen and oxygen atoms in total. The van der Waals surface area contributed by atoms with Crippen LogP contribution in [0.15, 0.2) is 53.8 Å². The normalized spacial score (nSPS) is 10.7. The highest BCUT2D eigenvalue weighted by molar-refractivity contribution is 5.98. The van der Waals surface area contributed by atoms with E-state index < -0.39 is 4.92 Å². The smallest absolute Gasteiger partial charge is 0.287 e. The summed E-state index contributed by atoms with van der Waals surface area (Å²) >= 11 is 0. The minimum atomic E-state index is -0.517. The van der Waals surface area contributed by atoms with Crippen LogP contribution in [0.25, 0.3) is 0 Å². The second kappa shape index (κ2) is 9.04. The highest BCUT2D eigenvalue weighted by Gasteiger charge is 2.07. The lowest BCUT2D eigenvalue weighted by molar-refractivity contribution is -0.385. The van der Waals surface area contributed by atoms with Crippen molar-refractivity contribution in [3.8, 4) is 11.5 Å². The SMILES string of the molecule is C=C(C)C(=NNc1ccc(OC)cc1OC)NNc1ccc([N+](=O)[O-])cn1. The van der Waals surface area contributed by atoms with E-state index in [0.717, 1.165) is 6.20 Å². The maximum atomic E-state index is 10.7. The second-order valence-corrected chi connectivity index (χ2v) is 5.33. The largest absolute Gasteiger partial charge is 0.497 e. The molecule has 1 heterocycles. The number of amidine groups is 1. The molecular formula is C17H20N6O4. The van der Waals surface area contributed by atoms with Crippen molar-refractivity contribution in [3.63, 3.8) is 0 Å². The zero-order valence-corrected chi connectivity index (χ0v) is 15.1. The lowest BCUT2D eigenvalue weighted by Crippen LogP contribution is -2.31. The van der Waals surface area contributed by atoms with E-state index in [-0.39, 0.29) is 5.69 Å². The van der Waals surface area contributed by atoms with E-state index in [1.165, 1.54) is 12.1 Å². The van der Waals surface area contributed by atoms with E-state index >= 15 is 0 Å². The maximum Gasteiger partial charge on any atom is 0.287 e. The zero-order chi connectivity index (χ0) is 19.8. The average Bonchev–Trinajstić information content (AvgIpc) is 2.67. The molecule has 0 amide bonds. The number of nitrogens with zero attached hydrogens (tertiary/aromatic N) is 3. The molecule has 0 atom stereocenters. The van der Waals surface area contributed by atoms with Crippen LogP contribution < -0.4 is 25.8 Å². The van der Waals surface area contributed by atoms with Gasteiger partial charge in [0.05, 0.1) is 24.8 Å². The van der Waals surface area contributed by atoms with Crippen LogP contribution >= 0.6 is 0 Å². The number of aromatic nitrogens is 1. The van der Waals surface area contributed by atoms with Crippen LogP contribution in [-0.4, -0.2) is 30.0 Å². The molecule has 0 saturated heterocycles. The van der Waals surface area contributed by atoms with Crippen LogP contribution in [0.5, 0.6) is 11.5 Å². The highest BCUT2D eigenvalue weighted by atomic mass is 16.6. The van der Waals surface area contributed by atoms with Gasteiger partial charge in [-0.25, -0.2) is 4.98 Å². The fourth-order valence-corrected chi connectivity index (χ4v) is 1.93. The molecule has 0 unspecified atom stereocenters. The molecule has 0 aliphatic carbocycles. The zero-order valence-electron chi connectivity index (χ0n) is 15.1. The summed E-state index contributed by atoms with van der Waals surface area (Å²) < 4.78 is 10.5. The molecule has 0 saturated carbocycles. The minimum Gasteiger partial charge on any atom is -0.497 e. The molecule has 0 aliphatic rings. The molecule has 0 aliphatic heterocycles. The van der Waals surface area contributed by atoms with Gasteiger partial charge in [0.1, 0.15) is 23.5 Å². The summed E-state index contributed by atoms with van der Waals surface area (Å²) in [4.78, 5) is 14.1. The van der Waals surface area contributed by atoms with Crippen LogP contribution in [-0.2, 0) is 0 Å². The molecule has 3 N–H and O–H groups in total. The number of hydrazine groups is 1. The van der Waals surface area contributed by atoms with Crippen LogP contribution in [0.4, 0.5) is 17.2 Å². The minimum absolute atomic E-state index is 0.0948. The first-order valence-corrected chi connectivity index (χ1v) is 7.78. The number of hydrazone groups is 1. The van der Waals surface area contributed by atoms with Crippen molar-refractivity contribution < 1.29 is 14.4 Å². The van der Waals surface area contributed by atoms with Gasteiger partial charge in [0.2, 0.25) is 0 Å². The summed E-state index contributed by atoms with van der Waals surface area (Å²) in [5, 5.41) is 14.9. The number of hydrogen-bond donors (Lipinski definition) is 3. The molecule has 1 aromatic heterocycles. The quantitative estimate of drug-likeness (QED) is 0.280. The molecule has 142 valence electrons. The number of nitro groups is 1. The lowest BCUT2D eigenvalue weighted by Gasteiger charge is -2.13. The molecule has 0 radical (unpaired) electrons. The number of benzene rings is 1. The van der Waals surface area contributed by atoms with E-state index in [1.807, 2.05) is 0 Å². The highest BCUT2D eigenvalue weighted by Crippen LogP contribution is 2.29. The van der Waals surface area contributed by atoms with Gasteiger partial charge in [-0.2, -0.15) is 5.10 Å². The first-order valence-electron chi connectivity index (χ1n) is 7.78. The van der Waals surface area contributed by atoms with Gasteiger partial charge in [-0.05, 0) is 30.7 Å². The molecular weight excluding hydrogens is 352 g/mol. The molecule has 27 heavy (non-hydrogen) atoms. The van der Waals surface area contributed by atoms with Gasteiger partial charge < -0.3 is 9.47 Å². The Morgan fingerprint density at radius 2 is 2.04 bits per heavy atom. The summed E-state index contributed by atoms with van der Waals surface area (Å²) in [5.41, 5.74) is 9.73. The van der Waals surface area contributed by atoms with Gasteiger partial charge in [-0.15, -0.1) is 0 Å². The van der Waals surface area contributed by atoms with Crippen molar-refractivity contribution in [2.24, 2.45) is 5.10 Å². The molecule has 0 fully saturated rings. The first-order chi connectivity index (χ1) is 12.9. The van der Waals surface area contributed by atoms with Crippen LogP contribution in [0.3, 0.4) is 0 Å². The van der Waals surface area contributed by atoms with Crippen molar-refractivity contribution in [1.29, 1.82) is 0 Å². The Kier molecular flexibility index (Phi) is 6.53. The molecule has 0 bridgehead atoms. The number of nitrogens with one attached hydrogen (secondary N) is 3. The summed E-state index contributed by atoms with van der Waals surface area (Å²) in [7, 11) is 3.12. The van der Waals surface area contributed by atoms with Crippen molar-refractivity contribution in [1.82, 2.24) is 10.4 Å². The summed E-state index contributed by atoms with van der Waals surface area (Å²) in [6.45, 7) is 5.62. The number of methoxy groups -OCH3 is 2. The van der Waals surface area contributed by atoms with Gasteiger partial charge in [0, 0.05) is 12.1 Å². The molecule has 1 aromatic carbocycles. The van der Waals surface area contributed by atoms with Crippen molar-refractivity contribution in [3.05, 3.63) is 58.8 Å². The standard InChI is InChI=1S/C17H20N6O4/c1-11(2)17(22-20-16-8-5-12(10-18-16)23(24)25)21-19-14-7-6-13(26-3)9-15(14)27-4/h5-10,19H,1H2,2-4H3,(H,18,20)(H,21,22). The van der Waals surface area contributed by atoms with Gasteiger partial charge in [0.25, 0.3) is 5.69 Å². The van der Waals surface area contributed by atoms with Crippen LogP contribution in [0.2, 0.25) is 0 Å². The summed E-state index contributed by atoms with van der Waals surface area (Å²) in [6.07, 6.45) is 1.15.